The zero-order chi connectivity index (χ0) is 21.5. The van der Waals surface area contributed by atoms with Crippen LogP contribution in [0.3, 0.4) is 0 Å². The Morgan fingerprint density at radius 1 is 0.933 bits per heavy atom. The van der Waals surface area contributed by atoms with E-state index in [1.165, 1.54) is 18.2 Å². The third-order valence-corrected chi connectivity index (χ3v) is 5.04. The smallest absolute Gasteiger partial charge is 0.284 e. The maximum atomic E-state index is 12.6. The van der Waals surface area contributed by atoms with E-state index in [2.05, 4.69) is 26.6 Å². The van der Waals surface area contributed by atoms with Gasteiger partial charge in [0.2, 0.25) is 0 Å². The van der Waals surface area contributed by atoms with Gasteiger partial charge in [0, 0.05) is 18.2 Å². The molecule has 0 aromatic heterocycles. The third-order valence-electron chi connectivity index (χ3n) is 4.37. The molecule has 7 nitrogen and oxygen atoms in total. The number of carbonyl (C=O) groups is 2. The van der Waals surface area contributed by atoms with Crippen molar-refractivity contribution in [2.75, 3.05) is 11.9 Å². The van der Waals surface area contributed by atoms with E-state index in [0.29, 0.717) is 24.2 Å². The first-order chi connectivity index (χ1) is 14.5. The molecule has 3 rings (SSSR count). The van der Waals surface area contributed by atoms with Gasteiger partial charge in [0.1, 0.15) is 0 Å². The largest absolute Gasteiger partial charge is 0.352 e. The SMILES string of the molecule is O=C(Nc1ccccc1C(=O)NCCc1ccccc1)c1ccc(Br)c([N+](=O)[O-])c1. The molecule has 0 aliphatic carbocycles. The number of benzene rings is 3. The Labute approximate surface area is 181 Å². The molecule has 0 radical (unpaired) electrons. The number of nitrogens with zero attached hydrogens (tertiary/aromatic N) is 1. The van der Waals surface area contributed by atoms with Crippen molar-refractivity contribution in [3.8, 4) is 0 Å². The van der Waals surface area contributed by atoms with E-state index in [0.717, 1.165) is 5.56 Å². The Morgan fingerprint density at radius 3 is 2.37 bits per heavy atom. The lowest BCUT2D eigenvalue weighted by Crippen LogP contribution is -2.27. The highest BCUT2D eigenvalue weighted by Gasteiger charge is 2.18. The molecule has 3 aromatic carbocycles. The van der Waals surface area contributed by atoms with Crippen molar-refractivity contribution in [2.24, 2.45) is 0 Å². The molecule has 3 aromatic rings. The summed E-state index contributed by atoms with van der Waals surface area (Å²) in [7, 11) is 0. The molecule has 0 aliphatic rings. The second-order valence-electron chi connectivity index (χ2n) is 6.41. The summed E-state index contributed by atoms with van der Waals surface area (Å²) in [4.78, 5) is 35.7. The second kappa shape index (κ2) is 9.80. The first-order valence-corrected chi connectivity index (χ1v) is 9.91. The Bertz CT molecular complexity index is 1090. The van der Waals surface area contributed by atoms with Crippen LogP contribution in [0.2, 0.25) is 0 Å². The van der Waals surface area contributed by atoms with Crippen LogP contribution in [-0.4, -0.2) is 23.3 Å². The van der Waals surface area contributed by atoms with Crippen LogP contribution in [-0.2, 0) is 6.42 Å². The Kier molecular flexibility index (Phi) is 6.92. The maximum Gasteiger partial charge on any atom is 0.284 e. The minimum atomic E-state index is -0.574. The lowest BCUT2D eigenvalue weighted by Gasteiger charge is -2.12. The molecule has 0 unspecified atom stereocenters. The van der Waals surface area contributed by atoms with E-state index in [-0.39, 0.29) is 21.6 Å². The normalized spacial score (nSPS) is 10.3. The van der Waals surface area contributed by atoms with Crippen molar-refractivity contribution in [1.29, 1.82) is 0 Å². The van der Waals surface area contributed by atoms with Crippen LogP contribution in [0.25, 0.3) is 0 Å². The Hall–Kier alpha value is -3.52. The van der Waals surface area contributed by atoms with Crippen molar-refractivity contribution in [1.82, 2.24) is 5.32 Å². The fourth-order valence-corrected chi connectivity index (χ4v) is 3.23. The topological polar surface area (TPSA) is 101 Å². The van der Waals surface area contributed by atoms with Gasteiger partial charge < -0.3 is 10.6 Å². The number of nitrogens with one attached hydrogen (secondary N) is 2. The van der Waals surface area contributed by atoms with Gasteiger partial charge in [-0.2, -0.15) is 0 Å². The van der Waals surface area contributed by atoms with Gasteiger partial charge in [0.25, 0.3) is 17.5 Å². The zero-order valence-electron chi connectivity index (χ0n) is 15.8. The molecule has 0 saturated carbocycles. The number of nitro benzene ring substituents is 1. The zero-order valence-corrected chi connectivity index (χ0v) is 17.4. The predicted octanol–water partition coefficient (Wildman–Crippen LogP) is 4.58. The number of halogens is 1. The molecule has 0 atom stereocenters. The number of carbonyl (C=O) groups excluding carboxylic acids is 2. The molecule has 0 fully saturated rings. The lowest BCUT2D eigenvalue weighted by molar-refractivity contribution is -0.385. The summed E-state index contributed by atoms with van der Waals surface area (Å²) in [6.45, 7) is 0.448. The number of hydrogen-bond acceptors (Lipinski definition) is 4. The van der Waals surface area contributed by atoms with Crippen LogP contribution >= 0.6 is 15.9 Å². The van der Waals surface area contributed by atoms with Gasteiger partial charge in [-0.25, -0.2) is 0 Å². The summed E-state index contributed by atoms with van der Waals surface area (Å²) in [5.74, 6) is -0.862. The van der Waals surface area contributed by atoms with Crippen molar-refractivity contribution in [3.05, 3.63) is 104 Å². The third kappa shape index (κ3) is 5.30. The lowest BCUT2D eigenvalue weighted by atomic mass is 10.1. The molecular weight excluding hydrogens is 450 g/mol. The summed E-state index contributed by atoms with van der Waals surface area (Å²) < 4.78 is 0.280. The average molecular weight is 468 g/mol. The molecule has 2 N–H and O–H groups in total. The Balaban J connectivity index is 1.70. The van der Waals surface area contributed by atoms with Crippen molar-refractivity contribution in [2.45, 2.75) is 6.42 Å². The van der Waals surface area contributed by atoms with Gasteiger partial charge >= 0.3 is 0 Å². The molecular formula is C22H18BrN3O4. The first-order valence-electron chi connectivity index (χ1n) is 9.12. The van der Waals surface area contributed by atoms with Crippen LogP contribution in [0.1, 0.15) is 26.3 Å². The molecule has 0 heterocycles. The highest BCUT2D eigenvalue weighted by Crippen LogP contribution is 2.26. The molecule has 30 heavy (non-hydrogen) atoms. The summed E-state index contributed by atoms with van der Waals surface area (Å²) in [5.41, 5.74) is 1.64. The van der Waals surface area contributed by atoms with E-state index in [4.69, 9.17) is 0 Å². The van der Waals surface area contributed by atoms with Crippen LogP contribution in [0.4, 0.5) is 11.4 Å². The fourth-order valence-electron chi connectivity index (χ4n) is 2.84. The number of amides is 2. The highest BCUT2D eigenvalue weighted by molar-refractivity contribution is 9.10. The summed E-state index contributed by atoms with van der Waals surface area (Å²) >= 11 is 3.09. The summed E-state index contributed by atoms with van der Waals surface area (Å²) in [5, 5.41) is 16.6. The molecule has 0 aliphatic heterocycles. The first kappa shape index (κ1) is 21.2. The second-order valence-corrected chi connectivity index (χ2v) is 7.27. The molecule has 0 spiro atoms. The monoisotopic (exact) mass is 467 g/mol. The van der Waals surface area contributed by atoms with Gasteiger partial charge in [-0.05, 0) is 52.2 Å². The van der Waals surface area contributed by atoms with Gasteiger partial charge in [-0.3, -0.25) is 19.7 Å². The molecule has 2 amide bonds. The van der Waals surface area contributed by atoms with Crippen LogP contribution in [0.5, 0.6) is 0 Å². The van der Waals surface area contributed by atoms with E-state index < -0.39 is 10.8 Å². The highest BCUT2D eigenvalue weighted by atomic mass is 79.9. The van der Waals surface area contributed by atoms with Gasteiger partial charge in [-0.1, -0.05) is 42.5 Å². The standard InChI is InChI=1S/C22H18BrN3O4/c23-18-11-10-16(14-20(18)26(29)30)21(27)25-19-9-5-4-8-17(19)22(28)24-13-12-15-6-2-1-3-7-15/h1-11,14H,12-13H2,(H,24,28)(H,25,27). The van der Waals surface area contributed by atoms with E-state index >= 15 is 0 Å². The molecule has 0 saturated heterocycles. The minimum Gasteiger partial charge on any atom is -0.352 e. The quantitative estimate of drug-likeness (QED) is 0.392. The van der Waals surface area contributed by atoms with Crippen molar-refractivity contribution >= 4 is 39.1 Å². The molecule has 152 valence electrons. The predicted molar refractivity (Wildman–Crippen MR) is 118 cm³/mol. The Morgan fingerprint density at radius 2 is 1.63 bits per heavy atom. The van der Waals surface area contributed by atoms with E-state index in [9.17, 15) is 19.7 Å². The van der Waals surface area contributed by atoms with Crippen LogP contribution in [0.15, 0.2) is 77.3 Å². The molecule has 0 bridgehead atoms. The van der Waals surface area contributed by atoms with Crippen LogP contribution in [0, 0.1) is 10.1 Å². The van der Waals surface area contributed by atoms with Crippen LogP contribution < -0.4 is 10.6 Å². The maximum absolute atomic E-state index is 12.6. The van der Waals surface area contributed by atoms with Gasteiger partial charge in [-0.15, -0.1) is 0 Å². The van der Waals surface area contributed by atoms with Gasteiger partial charge in [0.05, 0.1) is 20.6 Å². The number of nitro groups is 1. The number of hydrogen-bond donors (Lipinski definition) is 2. The van der Waals surface area contributed by atoms with Gasteiger partial charge in [0.15, 0.2) is 0 Å². The summed E-state index contributed by atoms with van der Waals surface area (Å²) in [6.07, 6.45) is 0.684. The average Bonchev–Trinajstić information content (AvgIpc) is 2.75. The number of anilines is 1. The minimum absolute atomic E-state index is 0.115. The number of para-hydroxylation sites is 1. The fraction of sp³-hybridized carbons (Fsp3) is 0.0909. The van der Waals surface area contributed by atoms with Crippen molar-refractivity contribution in [3.63, 3.8) is 0 Å². The number of rotatable bonds is 7. The van der Waals surface area contributed by atoms with E-state index in [1.54, 1.807) is 24.3 Å². The van der Waals surface area contributed by atoms with E-state index in [1.807, 2.05) is 30.3 Å². The van der Waals surface area contributed by atoms with Crippen molar-refractivity contribution < 1.29 is 14.5 Å². The summed E-state index contributed by atoms with van der Waals surface area (Å²) in [6, 6.07) is 20.5. The molecule has 8 heteroatoms.